The Morgan fingerprint density at radius 1 is 1.40 bits per heavy atom. The molecule has 1 aromatic carbocycles. The number of benzene rings is 1. The van der Waals surface area contributed by atoms with Gasteiger partial charge in [0.2, 0.25) is 12.5 Å². The second-order valence-electron chi connectivity index (χ2n) is 4.23. The number of halogens is 1. The van der Waals surface area contributed by atoms with Crippen molar-refractivity contribution in [2.75, 3.05) is 13.4 Å². The van der Waals surface area contributed by atoms with Crippen LogP contribution >= 0.6 is 0 Å². The molecule has 1 N–H and O–H groups in total. The molecule has 0 aliphatic carbocycles. The molecule has 0 saturated carbocycles. The van der Waals surface area contributed by atoms with Gasteiger partial charge in [-0.25, -0.2) is 4.39 Å². The third-order valence-electron chi connectivity index (χ3n) is 2.60. The molecule has 0 atom stereocenters. The standard InChI is InChI=1S/C11H13FO3/c1-11(2,5-13)7-3-8(12)10-9(4-7)14-6-15-10/h3-4,13H,5-6H2,1-2H3. The molecule has 0 radical (unpaired) electrons. The summed E-state index contributed by atoms with van der Waals surface area (Å²) in [4.78, 5) is 0. The summed E-state index contributed by atoms with van der Waals surface area (Å²) in [5.74, 6) is 0.125. The minimum Gasteiger partial charge on any atom is -0.453 e. The molecule has 1 aliphatic heterocycles. The highest BCUT2D eigenvalue weighted by Crippen LogP contribution is 2.38. The van der Waals surface area contributed by atoms with Gasteiger partial charge in [0, 0.05) is 5.41 Å². The Hall–Kier alpha value is -1.29. The first-order valence-corrected chi connectivity index (χ1v) is 4.75. The first-order chi connectivity index (χ1) is 7.04. The fourth-order valence-corrected chi connectivity index (χ4v) is 1.45. The zero-order chi connectivity index (χ0) is 11.1. The molecule has 0 amide bonds. The Kier molecular flexibility index (Phi) is 2.31. The minimum atomic E-state index is -0.484. The molecule has 82 valence electrons. The molecule has 0 saturated heterocycles. The van der Waals surface area contributed by atoms with Crippen molar-refractivity contribution in [2.45, 2.75) is 19.3 Å². The van der Waals surface area contributed by atoms with E-state index in [4.69, 9.17) is 9.47 Å². The van der Waals surface area contributed by atoms with Crippen LogP contribution in [-0.4, -0.2) is 18.5 Å². The van der Waals surface area contributed by atoms with Gasteiger partial charge in [-0.05, 0) is 17.7 Å². The van der Waals surface area contributed by atoms with Gasteiger partial charge >= 0.3 is 0 Å². The van der Waals surface area contributed by atoms with Crippen LogP contribution in [0.3, 0.4) is 0 Å². The first-order valence-electron chi connectivity index (χ1n) is 4.75. The number of hydrogen-bond acceptors (Lipinski definition) is 3. The van der Waals surface area contributed by atoms with Gasteiger partial charge in [0.25, 0.3) is 0 Å². The van der Waals surface area contributed by atoms with Crippen LogP contribution in [0.4, 0.5) is 4.39 Å². The molecule has 1 aromatic rings. The van der Waals surface area contributed by atoms with Crippen LogP contribution in [0.2, 0.25) is 0 Å². The summed E-state index contributed by atoms with van der Waals surface area (Å²) in [6, 6.07) is 3.09. The molecule has 15 heavy (non-hydrogen) atoms. The molecule has 1 aliphatic rings. The van der Waals surface area contributed by atoms with E-state index in [0.717, 1.165) is 0 Å². The lowest BCUT2D eigenvalue weighted by molar-refractivity contribution is 0.171. The van der Waals surface area contributed by atoms with Crippen LogP contribution in [0.15, 0.2) is 12.1 Å². The second-order valence-corrected chi connectivity index (χ2v) is 4.23. The molecule has 0 spiro atoms. The summed E-state index contributed by atoms with van der Waals surface area (Å²) in [5, 5.41) is 9.19. The maximum atomic E-state index is 13.5. The lowest BCUT2D eigenvalue weighted by Crippen LogP contribution is -2.22. The van der Waals surface area contributed by atoms with Crippen LogP contribution in [0.1, 0.15) is 19.4 Å². The Morgan fingerprint density at radius 3 is 2.80 bits per heavy atom. The number of ether oxygens (including phenoxy) is 2. The Labute approximate surface area is 87.4 Å². The molecule has 0 bridgehead atoms. The van der Waals surface area contributed by atoms with Crippen LogP contribution in [-0.2, 0) is 5.41 Å². The van der Waals surface area contributed by atoms with Crippen molar-refractivity contribution in [3.05, 3.63) is 23.5 Å². The van der Waals surface area contributed by atoms with Crippen molar-refractivity contribution in [2.24, 2.45) is 0 Å². The van der Waals surface area contributed by atoms with E-state index in [-0.39, 0.29) is 19.1 Å². The van der Waals surface area contributed by atoms with E-state index >= 15 is 0 Å². The second kappa shape index (κ2) is 3.38. The third kappa shape index (κ3) is 1.65. The average molecular weight is 212 g/mol. The van der Waals surface area contributed by atoms with E-state index in [1.165, 1.54) is 6.07 Å². The highest BCUT2D eigenvalue weighted by Gasteiger charge is 2.26. The van der Waals surface area contributed by atoms with Crippen molar-refractivity contribution in [1.29, 1.82) is 0 Å². The van der Waals surface area contributed by atoms with Gasteiger partial charge in [-0.15, -0.1) is 0 Å². The van der Waals surface area contributed by atoms with Gasteiger partial charge < -0.3 is 14.6 Å². The SMILES string of the molecule is CC(C)(CO)c1cc(F)c2c(c1)OCO2. The zero-order valence-electron chi connectivity index (χ0n) is 8.71. The van der Waals surface area contributed by atoms with Crippen LogP contribution in [0.25, 0.3) is 0 Å². The van der Waals surface area contributed by atoms with E-state index < -0.39 is 11.2 Å². The Balaban J connectivity index is 2.48. The normalized spacial score (nSPS) is 14.4. The molecule has 2 rings (SSSR count). The molecular formula is C11H13FO3. The van der Waals surface area contributed by atoms with E-state index in [0.29, 0.717) is 11.3 Å². The summed E-state index contributed by atoms with van der Waals surface area (Å²) < 4.78 is 23.6. The largest absolute Gasteiger partial charge is 0.453 e. The highest BCUT2D eigenvalue weighted by molar-refractivity contribution is 5.47. The molecule has 4 heteroatoms. The van der Waals surface area contributed by atoms with Crippen molar-refractivity contribution in [3.8, 4) is 11.5 Å². The fourth-order valence-electron chi connectivity index (χ4n) is 1.45. The number of aliphatic hydroxyl groups excluding tert-OH is 1. The molecule has 0 aromatic heterocycles. The van der Waals surface area contributed by atoms with Gasteiger partial charge in [0.1, 0.15) is 0 Å². The topological polar surface area (TPSA) is 38.7 Å². The highest BCUT2D eigenvalue weighted by atomic mass is 19.1. The van der Waals surface area contributed by atoms with Gasteiger partial charge in [0.15, 0.2) is 11.6 Å². The average Bonchev–Trinajstić information content (AvgIpc) is 2.66. The monoisotopic (exact) mass is 212 g/mol. The Bertz CT molecular complexity index is 388. The number of fused-ring (bicyclic) bond motifs is 1. The quantitative estimate of drug-likeness (QED) is 0.812. The van der Waals surface area contributed by atoms with Crippen LogP contribution in [0, 0.1) is 5.82 Å². The lowest BCUT2D eigenvalue weighted by atomic mass is 9.85. The molecule has 0 unspecified atom stereocenters. The maximum Gasteiger partial charge on any atom is 0.231 e. The number of rotatable bonds is 2. The summed E-state index contributed by atoms with van der Waals surface area (Å²) in [6.45, 7) is 3.68. The van der Waals surface area contributed by atoms with Crippen molar-refractivity contribution < 1.29 is 19.0 Å². The van der Waals surface area contributed by atoms with Gasteiger partial charge in [0.05, 0.1) is 6.61 Å². The first kappa shape index (κ1) is 10.2. The summed E-state index contributed by atoms with van der Waals surface area (Å²) in [5.41, 5.74) is 0.216. The maximum absolute atomic E-state index is 13.5. The van der Waals surface area contributed by atoms with Crippen molar-refractivity contribution >= 4 is 0 Å². The number of hydrogen-bond donors (Lipinski definition) is 1. The van der Waals surface area contributed by atoms with Crippen molar-refractivity contribution in [3.63, 3.8) is 0 Å². The smallest absolute Gasteiger partial charge is 0.231 e. The fraction of sp³-hybridized carbons (Fsp3) is 0.455. The van der Waals surface area contributed by atoms with E-state index in [1.54, 1.807) is 6.07 Å². The summed E-state index contributed by atoms with van der Waals surface area (Å²) in [7, 11) is 0. The molecule has 0 fully saturated rings. The van der Waals surface area contributed by atoms with Gasteiger partial charge in [-0.1, -0.05) is 13.8 Å². The van der Waals surface area contributed by atoms with Crippen LogP contribution < -0.4 is 9.47 Å². The number of aliphatic hydroxyl groups is 1. The predicted molar refractivity (Wildman–Crippen MR) is 52.6 cm³/mol. The molecule has 3 nitrogen and oxygen atoms in total. The molecular weight excluding hydrogens is 199 g/mol. The molecule has 1 heterocycles. The van der Waals surface area contributed by atoms with E-state index in [2.05, 4.69) is 0 Å². The predicted octanol–water partition coefficient (Wildman–Crippen LogP) is 1.82. The Morgan fingerprint density at radius 2 is 2.13 bits per heavy atom. The zero-order valence-corrected chi connectivity index (χ0v) is 8.71. The van der Waals surface area contributed by atoms with Crippen LogP contribution in [0.5, 0.6) is 11.5 Å². The summed E-state index contributed by atoms with van der Waals surface area (Å²) >= 11 is 0. The van der Waals surface area contributed by atoms with E-state index in [1.807, 2.05) is 13.8 Å². The van der Waals surface area contributed by atoms with Gasteiger partial charge in [-0.2, -0.15) is 0 Å². The van der Waals surface area contributed by atoms with Gasteiger partial charge in [-0.3, -0.25) is 0 Å². The minimum absolute atomic E-state index is 0.0495. The summed E-state index contributed by atoms with van der Waals surface area (Å²) in [6.07, 6.45) is 0. The third-order valence-corrected chi connectivity index (χ3v) is 2.60. The van der Waals surface area contributed by atoms with E-state index in [9.17, 15) is 9.50 Å². The van der Waals surface area contributed by atoms with Crippen molar-refractivity contribution in [1.82, 2.24) is 0 Å². The lowest BCUT2D eigenvalue weighted by Gasteiger charge is -2.22.